The van der Waals surface area contributed by atoms with Crippen molar-refractivity contribution in [3.05, 3.63) is 29.0 Å². The Bertz CT molecular complexity index is 562. The summed E-state index contributed by atoms with van der Waals surface area (Å²) in [6, 6.07) is 4.15. The van der Waals surface area contributed by atoms with Gasteiger partial charge in [0, 0.05) is 7.05 Å². The molecule has 100 valence electrons. The van der Waals surface area contributed by atoms with E-state index < -0.39 is 28.3 Å². The number of carbonyl (C=O) groups excluding carboxylic acids is 1. The Morgan fingerprint density at radius 1 is 1.50 bits per heavy atom. The van der Waals surface area contributed by atoms with Gasteiger partial charge in [-0.05, 0) is 12.1 Å². The molecule has 0 aliphatic rings. The van der Waals surface area contributed by atoms with Gasteiger partial charge in [0.1, 0.15) is 0 Å². The van der Waals surface area contributed by atoms with Crippen LogP contribution in [0.4, 0.5) is 10.1 Å². The molecule has 0 aliphatic carbocycles. The second kappa shape index (κ2) is 5.64. The summed E-state index contributed by atoms with van der Waals surface area (Å²) in [6.07, 6.45) is 0.972. The van der Waals surface area contributed by atoms with Gasteiger partial charge in [0.05, 0.1) is 23.5 Å². The predicted molar refractivity (Wildman–Crippen MR) is 67.5 cm³/mol. The molecule has 1 N–H and O–H groups in total. The quantitative estimate of drug-likeness (QED) is 0.910. The first-order chi connectivity index (χ1) is 8.21. The van der Waals surface area contributed by atoms with Crippen molar-refractivity contribution in [2.75, 3.05) is 25.2 Å². The number of carbonyl (C=O) groups is 1. The Hall–Kier alpha value is -1.18. The molecule has 0 aromatic heterocycles. The number of benzene rings is 1. The number of sulfonamides is 1. The van der Waals surface area contributed by atoms with E-state index in [9.17, 15) is 17.6 Å². The minimum Gasteiger partial charge on any atom is -0.322 e. The van der Waals surface area contributed by atoms with Crippen LogP contribution in [0.25, 0.3) is 0 Å². The van der Waals surface area contributed by atoms with Gasteiger partial charge in [-0.25, -0.2) is 12.8 Å². The monoisotopic (exact) mass is 294 g/mol. The molecule has 0 unspecified atom stereocenters. The lowest BCUT2D eigenvalue weighted by Crippen LogP contribution is -2.34. The number of halogens is 2. The van der Waals surface area contributed by atoms with E-state index in [0.29, 0.717) is 0 Å². The summed E-state index contributed by atoms with van der Waals surface area (Å²) in [7, 11) is -2.20. The number of nitrogens with one attached hydrogen (secondary N) is 1. The molecule has 0 saturated heterocycles. The zero-order valence-electron chi connectivity index (χ0n) is 9.78. The highest BCUT2D eigenvalue weighted by Crippen LogP contribution is 2.21. The van der Waals surface area contributed by atoms with Crippen molar-refractivity contribution in [2.24, 2.45) is 0 Å². The molecule has 1 amide bonds. The van der Waals surface area contributed by atoms with E-state index in [4.69, 9.17) is 11.6 Å². The summed E-state index contributed by atoms with van der Waals surface area (Å²) in [5.74, 6) is -1.40. The lowest BCUT2D eigenvalue weighted by molar-refractivity contribution is -0.116. The maximum Gasteiger partial charge on any atom is 0.239 e. The van der Waals surface area contributed by atoms with E-state index in [2.05, 4.69) is 5.32 Å². The van der Waals surface area contributed by atoms with Crippen LogP contribution in [0.1, 0.15) is 0 Å². The van der Waals surface area contributed by atoms with Crippen molar-refractivity contribution in [3.63, 3.8) is 0 Å². The van der Waals surface area contributed by atoms with Gasteiger partial charge in [-0.3, -0.25) is 4.79 Å². The van der Waals surface area contributed by atoms with Crippen molar-refractivity contribution in [1.82, 2.24) is 4.31 Å². The lowest BCUT2D eigenvalue weighted by atomic mass is 10.3. The molecule has 0 aliphatic heterocycles. The normalized spacial score (nSPS) is 11.6. The molecule has 0 radical (unpaired) electrons. The van der Waals surface area contributed by atoms with Crippen LogP contribution in [-0.4, -0.2) is 38.5 Å². The minimum absolute atomic E-state index is 0.0885. The fraction of sp³-hybridized carbons (Fsp3) is 0.300. The SMILES string of the molecule is CN(CC(=O)Nc1cccc(Cl)c1F)S(C)(=O)=O. The Morgan fingerprint density at radius 2 is 2.11 bits per heavy atom. The number of rotatable bonds is 4. The number of likely N-dealkylation sites (N-methyl/N-ethyl adjacent to an activating group) is 1. The fourth-order valence-electron chi connectivity index (χ4n) is 1.11. The lowest BCUT2D eigenvalue weighted by Gasteiger charge is -2.14. The van der Waals surface area contributed by atoms with Gasteiger partial charge >= 0.3 is 0 Å². The third-order valence-corrected chi connectivity index (χ3v) is 3.71. The Labute approximate surface area is 110 Å². The van der Waals surface area contributed by atoms with Crippen LogP contribution in [0, 0.1) is 5.82 Å². The van der Waals surface area contributed by atoms with Crippen molar-refractivity contribution < 1.29 is 17.6 Å². The van der Waals surface area contributed by atoms with Gasteiger partial charge in [0.2, 0.25) is 15.9 Å². The molecule has 5 nitrogen and oxygen atoms in total. The van der Waals surface area contributed by atoms with E-state index in [0.717, 1.165) is 10.6 Å². The molecule has 0 saturated carbocycles. The number of amides is 1. The van der Waals surface area contributed by atoms with Crippen molar-refractivity contribution in [1.29, 1.82) is 0 Å². The van der Waals surface area contributed by atoms with E-state index in [1.165, 1.54) is 25.2 Å². The zero-order valence-corrected chi connectivity index (χ0v) is 11.3. The van der Waals surface area contributed by atoms with E-state index in [-0.39, 0.29) is 10.7 Å². The number of hydrogen-bond acceptors (Lipinski definition) is 3. The van der Waals surface area contributed by atoms with Crippen molar-refractivity contribution in [2.45, 2.75) is 0 Å². The third kappa shape index (κ3) is 3.94. The molecule has 0 heterocycles. The van der Waals surface area contributed by atoms with Gasteiger partial charge in [-0.15, -0.1) is 0 Å². The van der Waals surface area contributed by atoms with Crippen LogP contribution in [0.2, 0.25) is 5.02 Å². The highest BCUT2D eigenvalue weighted by atomic mass is 35.5. The first-order valence-electron chi connectivity index (χ1n) is 4.87. The highest BCUT2D eigenvalue weighted by molar-refractivity contribution is 7.88. The predicted octanol–water partition coefficient (Wildman–Crippen LogP) is 1.31. The van der Waals surface area contributed by atoms with Gasteiger partial charge in [0.15, 0.2) is 5.82 Å². The highest BCUT2D eigenvalue weighted by Gasteiger charge is 2.16. The first-order valence-corrected chi connectivity index (χ1v) is 7.09. The second-order valence-corrected chi connectivity index (χ2v) is 6.17. The number of hydrogen-bond donors (Lipinski definition) is 1. The minimum atomic E-state index is -3.46. The van der Waals surface area contributed by atoms with Gasteiger partial charge in [-0.2, -0.15) is 4.31 Å². The van der Waals surface area contributed by atoms with E-state index >= 15 is 0 Å². The van der Waals surface area contributed by atoms with Gasteiger partial charge in [-0.1, -0.05) is 17.7 Å². The summed E-state index contributed by atoms with van der Waals surface area (Å²) in [5.41, 5.74) is -0.0885. The smallest absolute Gasteiger partial charge is 0.239 e. The summed E-state index contributed by atoms with van der Waals surface area (Å²) in [4.78, 5) is 11.5. The molecule has 0 spiro atoms. The topological polar surface area (TPSA) is 66.5 Å². The van der Waals surface area contributed by atoms with Gasteiger partial charge in [0.25, 0.3) is 0 Å². The van der Waals surface area contributed by atoms with Crippen LogP contribution in [0.5, 0.6) is 0 Å². The van der Waals surface area contributed by atoms with Crippen LogP contribution in [0.3, 0.4) is 0 Å². The van der Waals surface area contributed by atoms with Crippen LogP contribution in [0.15, 0.2) is 18.2 Å². The number of nitrogens with zero attached hydrogens (tertiary/aromatic N) is 1. The Morgan fingerprint density at radius 3 is 2.67 bits per heavy atom. The zero-order chi connectivity index (χ0) is 13.9. The molecule has 1 rings (SSSR count). The average Bonchev–Trinajstić information content (AvgIpc) is 2.23. The molecule has 0 atom stereocenters. The standard InChI is InChI=1S/C10H12ClFN2O3S/c1-14(18(2,16)17)6-9(15)13-8-5-3-4-7(11)10(8)12/h3-5H,6H2,1-2H3,(H,13,15). The summed E-state index contributed by atoms with van der Waals surface area (Å²) < 4.78 is 36.5. The molecule has 1 aromatic rings. The van der Waals surface area contributed by atoms with Crippen LogP contribution >= 0.6 is 11.6 Å². The maximum atomic E-state index is 13.5. The Kier molecular flexibility index (Phi) is 4.66. The van der Waals surface area contributed by atoms with Crippen molar-refractivity contribution in [3.8, 4) is 0 Å². The van der Waals surface area contributed by atoms with E-state index in [1.807, 2.05) is 0 Å². The molecule has 8 heteroatoms. The number of anilines is 1. The van der Waals surface area contributed by atoms with Crippen LogP contribution in [-0.2, 0) is 14.8 Å². The van der Waals surface area contributed by atoms with E-state index in [1.54, 1.807) is 0 Å². The summed E-state index contributed by atoms with van der Waals surface area (Å²) >= 11 is 5.54. The third-order valence-electron chi connectivity index (χ3n) is 2.16. The molecule has 18 heavy (non-hydrogen) atoms. The average molecular weight is 295 g/mol. The molecule has 0 bridgehead atoms. The second-order valence-electron chi connectivity index (χ2n) is 3.67. The molecular formula is C10H12ClFN2O3S. The van der Waals surface area contributed by atoms with Gasteiger partial charge < -0.3 is 5.32 Å². The molecule has 1 aromatic carbocycles. The fourth-order valence-corrected chi connectivity index (χ4v) is 1.64. The Balaban J connectivity index is 2.74. The maximum absolute atomic E-state index is 13.5. The molecular weight excluding hydrogens is 283 g/mol. The van der Waals surface area contributed by atoms with Crippen molar-refractivity contribution >= 4 is 33.2 Å². The molecule has 0 fully saturated rings. The largest absolute Gasteiger partial charge is 0.322 e. The first kappa shape index (κ1) is 14.9. The summed E-state index contributed by atoms with van der Waals surface area (Å²) in [6.45, 7) is -0.398. The van der Waals surface area contributed by atoms with Crippen LogP contribution < -0.4 is 5.32 Å². The summed E-state index contributed by atoms with van der Waals surface area (Å²) in [5, 5.41) is 2.13.